The average molecular weight is 204 g/mol. The van der Waals surface area contributed by atoms with Gasteiger partial charge in [-0.2, -0.15) is 11.8 Å². The lowest BCUT2D eigenvalue weighted by Gasteiger charge is -2.16. The van der Waals surface area contributed by atoms with Crippen molar-refractivity contribution in [3.05, 3.63) is 0 Å². The van der Waals surface area contributed by atoms with E-state index >= 15 is 0 Å². The van der Waals surface area contributed by atoms with E-state index in [1.807, 2.05) is 20.8 Å². The summed E-state index contributed by atoms with van der Waals surface area (Å²) in [6.07, 6.45) is 0. The summed E-state index contributed by atoms with van der Waals surface area (Å²) in [5, 5.41) is 0.605. The van der Waals surface area contributed by atoms with Crippen LogP contribution in [0.15, 0.2) is 0 Å². The zero-order valence-corrected chi connectivity index (χ0v) is 10.0. The van der Waals surface area contributed by atoms with Gasteiger partial charge in [0.15, 0.2) is 0 Å². The highest BCUT2D eigenvalue weighted by molar-refractivity contribution is 7.99. The standard InChI is InChI=1S/C10H20O2S/c1-8(2)13-7-6-12-9(11)10(3,4)5/h8H,6-7H2,1-5H3. The zero-order valence-electron chi connectivity index (χ0n) is 9.22. The summed E-state index contributed by atoms with van der Waals surface area (Å²) in [5.74, 6) is 0.774. The Morgan fingerprint density at radius 3 is 2.31 bits per heavy atom. The molecule has 0 rings (SSSR count). The van der Waals surface area contributed by atoms with Crippen LogP contribution >= 0.6 is 11.8 Å². The van der Waals surface area contributed by atoms with Gasteiger partial charge in [0.1, 0.15) is 6.61 Å². The van der Waals surface area contributed by atoms with Crippen molar-refractivity contribution >= 4 is 17.7 Å². The third-order valence-corrected chi connectivity index (χ3v) is 2.45. The summed E-state index contributed by atoms with van der Waals surface area (Å²) >= 11 is 1.81. The highest BCUT2D eigenvalue weighted by atomic mass is 32.2. The first kappa shape index (κ1) is 12.8. The predicted octanol–water partition coefficient (Wildman–Crippen LogP) is 2.72. The summed E-state index contributed by atoms with van der Waals surface area (Å²) in [4.78, 5) is 11.3. The summed E-state index contributed by atoms with van der Waals surface area (Å²) in [6.45, 7) is 10.4. The first-order valence-corrected chi connectivity index (χ1v) is 5.67. The molecule has 0 aliphatic carbocycles. The molecule has 0 unspecified atom stereocenters. The number of carbonyl (C=O) groups is 1. The molecule has 0 aromatic heterocycles. The van der Waals surface area contributed by atoms with Crippen LogP contribution in [0.4, 0.5) is 0 Å². The second-order valence-corrected chi connectivity index (χ2v) is 5.99. The van der Waals surface area contributed by atoms with Crippen LogP contribution in [0.25, 0.3) is 0 Å². The molecule has 0 saturated heterocycles. The van der Waals surface area contributed by atoms with Crippen LogP contribution in [0.2, 0.25) is 0 Å². The lowest BCUT2D eigenvalue weighted by atomic mass is 9.97. The van der Waals surface area contributed by atoms with Crippen molar-refractivity contribution < 1.29 is 9.53 Å². The van der Waals surface area contributed by atoms with Crippen LogP contribution in [0, 0.1) is 5.41 Å². The molecule has 0 atom stereocenters. The minimum Gasteiger partial charge on any atom is -0.464 e. The topological polar surface area (TPSA) is 26.3 Å². The van der Waals surface area contributed by atoms with Crippen molar-refractivity contribution in [1.29, 1.82) is 0 Å². The molecule has 0 bridgehead atoms. The van der Waals surface area contributed by atoms with Crippen LogP contribution in [0.3, 0.4) is 0 Å². The Balaban J connectivity index is 3.49. The summed E-state index contributed by atoms with van der Waals surface area (Å²) in [7, 11) is 0. The molecule has 0 radical (unpaired) electrons. The van der Waals surface area contributed by atoms with E-state index in [-0.39, 0.29) is 11.4 Å². The molecule has 0 fully saturated rings. The average Bonchev–Trinajstić information content (AvgIpc) is 1.95. The molecule has 0 N–H and O–H groups in total. The molecule has 13 heavy (non-hydrogen) atoms. The molecule has 3 heteroatoms. The molecule has 0 aromatic rings. The van der Waals surface area contributed by atoms with Gasteiger partial charge in [-0.1, -0.05) is 13.8 Å². The molecular weight excluding hydrogens is 184 g/mol. The molecule has 0 saturated carbocycles. The van der Waals surface area contributed by atoms with Gasteiger partial charge >= 0.3 is 5.97 Å². The second-order valence-electron chi connectivity index (χ2n) is 4.31. The van der Waals surface area contributed by atoms with Gasteiger partial charge in [0.25, 0.3) is 0 Å². The molecule has 0 aliphatic heterocycles. The number of thioether (sulfide) groups is 1. The Hall–Kier alpha value is -0.180. The summed E-state index contributed by atoms with van der Waals surface area (Å²) in [6, 6.07) is 0. The Kier molecular flexibility index (Phi) is 5.45. The van der Waals surface area contributed by atoms with Crippen LogP contribution in [0.1, 0.15) is 34.6 Å². The lowest BCUT2D eigenvalue weighted by molar-refractivity contribution is -0.152. The van der Waals surface area contributed by atoms with Gasteiger partial charge in [-0.15, -0.1) is 0 Å². The fourth-order valence-electron chi connectivity index (χ4n) is 0.635. The number of carbonyl (C=O) groups excluding carboxylic acids is 1. The normalized spacial score (nSPS) is 11.8. The van der Waals surface area contributed by atoms with Gasteiger partial charge in [-0.3, -0.25) is 4.79 Å². The third-order valence-electron chi connectivity index (χ3n) is 1.38. The van der Waals surface area contributed by atoms with Crippen LogP contribution in [-0.2, 0) is 9.53 Å². The van der Waals surface area contributed by atoms with Crippen molar-refractivity contribution in [3.8, 4) is 0 Å². The predicted molar refractivity (Wildman–Crippen MR) is 58.0 cm³/mol. The van der Waals surface area contributed by atoms with E-state index < -0.39 is 0 Å². The van der Waals surface area contributed by atoms with E-state index in [0.717, 1.165) is 5.75 Å². The SMILES string of the molecule is CC(C)SCCOC(=O)C(C)(C)C. The summed E-state index contributed by atoms with van der Waals surface area (Å²) < 4.78 is 5.10. The number of esters is 1. The smallest absolute Gasteiger partial charge is 0.311 e. The quantitative estimate of drug-likeness (QED) is 0.520. The highest BCUT2D eigenvalue weighted by Gasteiger charge is 2.22. The molecule has 0 spiro atoms. The molecule has 78 valence electrons. The fourth-order valence-corrected chi connectivity index (χ4v) is 1.29. The van der Waals surface area contributed by atoms with Gasteiger partial charge < -0.3 is 4.74 Å². The maximum atomic E-state index is 11.3. The first-order chi connectivity index (χ1) is 5.84. The number of ether oxygens (including phenoxy) is 1. The third kappa shape index (κ3) is 6.94. The maximum Gasteiger partial charge on any atom is 0.311 e. The Labute approximate surface area is 85.4 Å². The second kappa shape index (κ2) is 5.53. The van der Waals surface area contributed by atoms with Gasteiger partial charge in [-0.25, -0.2) is 0 Å². The van der Waals surface area contributed by atoms with Crippen LogP contribution in [-0.4, -0.2) is 23.6 Å². The highest BCUT2D eigenvalue weighted by Crippen LogP contribution is 2.15. The van der Waals surface area contributed by atoms with Crippen LogP contribution < -0.4 is 0 Å². The van der Waals surface area contributed by atoms with E-state index in [2.05, 4.69) is 13.8 Å². The lowest BCUT2D eigenvalue weighted by Crippen LogP contribution is -2.23. The Morgan fingerprint density at radius 1 is 1.38 bits per heavy atom. The van der Waals surface area contributed by atoms with Gasteiger partial charge in [0, 0.05) is 5.75 Å². The largest absolute Gasteiger partial charge is 0.464 e. The van der Waals surface area contributed by atoms with Crippen molar-refractivity contribution in [3.63, 3.8) is 0 Å². The molecule has 0 heterocycles. The molecule has 0 aliphatic rings. The van der Waals surface area contributed by atoms with Gasteiger partial charge in [0.2, 0.25) is 0 Å². The first-order valence-electron chi connectivity index (χ1n) is 4.63. The minimum absolute atomic E-state index is 0.114. The van der Waals surface area contributed by atoms with E-state index in [1.54, 1.807) is 11.8 Å². The minimum atomic E-state index is -0.373. The number of hydrogen-bond acceptors (Lipinski definition) is 3. The monoisotopic (exact) mass is 204 g/mol. The van der Waals surface area contributed by atoms with Crippen molar-refractivity contribution in [2.45, 2.75) is 39.9 Å². The molecular formula is C10H20O2S. The molecule has 0 amide bonds. The zero-order chi connectivity index (χ0) is 10.5. The maximum absolute atomic E-state index is 11.3. The van der Waals surface area contributed by atoms with Crippen LogP contribution in [0.5, 0.6) is 0 Å². The van der Waals surface area contributed by atoms with Gasteiger partial charge in [-0.05, 0) is 26.0 Å². The molecule has 0 aromatic carbocycles. The van der Waals surface area contributed by atoms with Gasteiger partial charge in [0.05, 0.1) is 5.41 Å². The van der Waals surface area contributed by atoms with Crippen molar-refractivity contribution in [2.75, 3.05) is 12.4 Å². The fraction of sp³-hybridized carbons (Fsp3) is 0.900. The van der Waals surface area contributed by atoms with E-state index in [9.17, 15) is 4.79 Å². The Morgan fingerprint density at radius 2 is 1.92 bits per heavy atom. The number of rotatable bonds is 4. The van der Waals surface area contributed by atoms with Crippen molar-refractivity contribution in [2.24, 2.45) is 5.41 Å². The Bertz CT molecular complexity index is 159. The van der Waals surface area contributed by atoms with Crippen molar-refractivity contribution in [1.82, 2.24) is 0 Å². The van der Waals surface area contributed by atoms with E-state index in [1.165, 1.54) is 0 Å². The molecule has 2 nitrogen and oxygen atoms in total. The van der Waals surface area contributed by atoms with E-state index in [4.69, 9.17) is 4.74 Å². The summed E-state index contributed by atoms with van der Waals surface area (Å²) in [5.41, 5.74) is -0.373. The van der Waals surface area contributed by atoms with E-state index in [0.29, 0.717) is 11.9 Å². The number of hydrogen-bond donors (Lipinski definition) is 0.